The molecule has 2 rings (SSSR count). The molecule has 2 unspecified atom stereocenters. The van der Waals surface area contributed by atoms with E-state index >= 15 is 0 Å². The summed E-state index contributed by atoms with van der Waals surface area (Å²) in [5, 5.41) is 14.0. The molecule has 2 atom stereocenters. The van der Waals surface area contributed by atoms with E-state index in [1.807, 2.05) is 18.5 Å². The lowest BCUT2D eigenvalue weighted by molar-refractivity contribution is -0.122. The highest BCUT2D eigenvalue weighted by Crippen LogP contribution is 2.13. The van der Waals surface area contributed by atoms with Crippen molar-refractivity contribution in [1.82, 2.24) is 25.4 Å². The van der Waals surface area contributed by atoms with E-state index in [0.717, 1.165) is 25.3 Å². The molecule has 6 heteroatoms. The second-order valence-electron chi connectivity index (χ2n) is 4.65. The van der Waals surface area contributed by atoms with Gasteiger partial charge in [-0.25, -0.2) is 0 Å². The summed E-state index contributed by atoms with van der Waals surface area (Å²) >= 11 is 0. The Morgan fingerprint density at radius 3 is 3.18 bits per heavy atom. The van der Waals surface area contributed by atoms with Crippen LogP contribution in [-0.4, -0.2) is 33.8 Å². The molecular formula is C11H19N5O. The summed E-state index contributed by atoms with van der Waals surface area (Å²) in [6.45, 7) is 3.90. The topological polar surface area (TPSA) is 71.8 Å². The number of nitrogens with zero attached hydrogens (tertiary/aromatic N) is 3. The Morgan fingerprint density at radius 2 is 2.59 bits per heavy atom. The zero-order valence-corrected chi connectivity index (χ0v) is 10.3. The summed E-state index contributed by atoms with van der Waals surface area (Å²) in [6.07, 6.45) is 3.32. The van der Waals surface area contributed by atoms with Crippen molar-refractivity contribution in [1.29, 1.82) is 0 Å². The van der Waals surface area contributed by atoms with Crippen LogP contribution < -0.4 is 10.6 Å². The van der Waals surface area contributed by atoms with Crippen molar-refractivity contribution in [3.05, 3.63) is 12.2 Å². The Hall–Kier alpha value is -1.43. The number of rotatable bonds is 4. The molecule has 2 heterocycles. The highest BCUT2D eigenvalue weighted by molar-refractivity contribution is 5.76. The van der Waals surface area contributed by atoms with Crippen molar-refractivity contribution in [2.75, 3.05) is 13.1 Å². The Balaban J connectivity index is 1.83. The Labute approximate surface area is 101 Å². The predicted octanol–water partition coefficient (Wildman–Crippen LogP) is -0.00810. The minimum atomic E-state index is -0.0932. The number of carbonyl (C=O) groups is 1. The first kappa shape index (κ1) is 12.0. The number of hydrogen-bond acceptors (Lipinski definition) is 4. The minimum absolute atomic E-state index is 0.0919. The summed E-state index contributed by atoms with van der Waals surface area (Å²) in [6, 6.07) is -0.0932. The monoisotopic (exact) mass is 237 g/mol. The van der Waals surface area contributed by atoms with Crippen molar-refractivity contribution in [2.24, 2.45) is 13.0 Å². The number of nitrogens with one attached hydrogen (secondary N) is 2. The summed E-state index contributed by atoms with van der Waals surface area (Å²) in [5.74, 6) is 1.35. The van der Waals surface area contributed by atoms with Gasteiger partial charge >= 0.3 is 0 Å². The molecule has 0 spiro atoms. The maximum absolute atomic E-state index is 11.8. The molecule has 0 saturated carbocycles. The lowest BCUT2D eigenvalue weighted by atomic mass is 10.0. The molecular weight excluding hydrogens is 218 g/mol. The lowest BCUT2D eigenvalue weighted by Crippen LogP contribution is -2.30. The highest BCUT2D eigenvalue weighted by Gasteiger charge is 2.20. The molecule has 1 aromatic heterocycles. The van der Waals surface area contributed by atoms with Gasteiger partial charge in [0.15, 0.2) is 5.82 Å². The van der Waals surface area contributed by atoms with E-state index in [0.29, 0.717) is 12.3 Å². The fourth-order valence-electron chi connectivity index (χ4n) is 2.20. The van der Waals surface area contributed by atoms with Gasteiger partial charge in [-0.1, -0.05) is 0 Å². The molecule has 0 aromatic carbocycles. The molecule has 0 bridgehead atoms. The van der Waals surface area contributed by atoms with Crippen LogP contribution in [0.2, 0.25) is 0 Å². The molecule has 1 saturated heterocycles. The third kappa shape index (κ3) is 3.03. The van der Waals surface area contributed by atoms with Gasteiger partial charge in [0, 0.05) is 13.5 Å². The summed E-state index contributed by atoms with van der Waals surface area (Å²) in [7, 11) is 1.87. The average molecular weight is 237 g/mol. The van der Waals surface area contributed by atoms with E-state index < -0.39 is 0 Å². The van der Waals surface area contributed by atoms with E-state index in [9.17, 15) is 4.79 Å². The summed E-state index contributed by atoms with van der Waals surface area (Å²) < 4.78 is 1.82. The summed E-state index contributed by atoms with van der Waals surface area (Å²) in [5.41, 5.74) is 0. The van der Waals surface area contributed by atoms with Crippen LogP contribution in [0, 0.1) is 5.92 Å². The van der Waals surface area contributed by atoms with Gasteiger partial charge < -0.3 is 15.2 Å². The van der Waals surface area contributed by atoms with Gasteiger partial charge in [0.1, 0.15) is 6.33 Å². The minimum Gasteiger partial charge on any atom is -0.346 e. The molecule has 1 aromatic rings. The van der Waals surface area contributed by atoms with Crippen LogP contribution in [0.25, 0.3) is 0 Å². The van der Waals surface area contributed by atoms with Crippen LogP contribution in [-0.2, 0) is 11.8 Å². The molecule has 1 fully saturated rings. The van der Waals surface area contributed by atoms with E-state index in [2.05, 4.69) is 20.8 Å². The molecule has 2 N–H and O–H groups in total. The fraction of sp³-hybridized carbons (Fsp3) is 0.727. The van der Waals surface area contributed by atoms with Crippen molar-refractivity contribution in [3.63, 3.8) is 0 Å². The van der Waals surface area contributed by atoms with Crippen LogP contribution >= 0.6 is 0 Å². The molecule has 94 valence electrons. The number of hydrogen-bond donors (Lipinski definition) is 2. The van der Waals surface area contributed by atoms with Crippen LogP contribution in [0.15, 0.2) is 6.33 Å². The third-order valence-electron chi connectivity index (χ3n) is 3.15. The average Bonchev–Trinajstić information content (AvgIpc) is 2.88. The van der Waals surface area contributed by atoms with Gasteiger partial charge in [-0.05, 0) is 32.4 Å². The molecule has 6 nitrogen and oxygen atoms in total. The molecule has 0 radical (unpaired) electrons. The zero-order valence-electron chi connectivity index (χ0n) is 10.3. The van der Waals surface area contributed by atoms with E-state index in [4.69, 9.17) is 0 Å². The van der Waals surface area contributed by atoms with E-state index in [-0.39, 0.29) is 11.9 Å². The first-order valence-corrected chi connectivity index (χ1v) is 6.01. The Morgan fingerprint density at radius 1 is 1.76 bits per heavy atom. The highest BCUT2D eigenvalue weighted by atomic mass is 16.1. The predicted molar refractivity (Wildman–Crippen MR) is 63.2 cm³/mol. The third-order valence-corrected chi connectivity index (χ3v) is 3.15. The van der Waals surface area contributed by atoms with E-state index in [1.54, 1.807) is 6.33 Å². The zero-order chi connectivity index (χ0) is 12.3. The molecule has 1 aliphatic heterocycles. The van der Waals surface area contributed by atoms with Gasteiger partial charge in [0.2, 0.25) is 5.91 Å². The van der Waals surface area contributed by atoms with Crippen LogP contribution in [0.4, 0.5) is 0 Å². The summed E-state index contributed by atoms with van der Waals surface area (Å²) in [4.78, 5) is 11.8. The van der Waals surface area contributed by atoms with Crippen molar-refractivity contribution >= 4 is 5.91 Å². The van der Waals surface area contributed by atoms with Crippen molar-refractivity contribution < 1.29 is 4.79 Å². The molecule has 1 amide bonds. The lowest BCUT2D eigenvalue weighted by Gasteiger charge is -2.14. The normalized spacial score (nSPS) is 21.4. The van der Waals surface area contributed by atoms with E-state index in [1.165, 1.54) is 0 Å². The number of aryl methyl sites for hydroxylation is 1. The number of carbonyl (C=O) groups excluding carboxylic acids is 1. The van der Waals surface area contributed by atoms with Gasteiger partial charge in [0.25, 0.3) is 0 Å². The second-order valence-corrected chi connectivity index (χ2v) is 4.65. The largest absolute Gasteiger partial charge is 0.346 e. The second kappa shape index (κ2) is 5.27. The smallest absolute Gasteiger partial charge is 0.220 e. The van der Waals surface area contributed by atoms with Gasteiger partial charge in [-0.15, -0.1) is 10.2 Å². The van der Waals surface area contributed by atoms with Crippen molar-refractivity contribution in [2.45, 2.75) is 25.8 Å². The number of aromatic nitrogens is 3. The van der Waals surface area contributed by atoms with Crippen LogP contribution in [0.3, 0.4) is 0 Å². The van der Waals surface area contributed by atoms with Crippen molar-refractivity contribution in [3.8, 4) is 0 Å². The SMILES string of the molecule is CC(NC(=O)CC1CCNC1)c1nncn1C. The molecule has 0 aliphatic carbocycles. The van der Waals surface area contributed by atoms with Gasteiger partial charge in [-0.3, -0.25) is 4.79 Å². The van der Waals surface area contributed by atoms with Gasteiger partial charge in [-0.2, -0.15) is 0 Å². The molecule has 1 aliphatic rings. The van der Waals surface area contributed by atoms with Gasteiger partial charge in [0.05, 0.1) is 6.04 Å². The molecule has 17 heavy (non-hydrogen) atoms. The van der Waals surface area contributed by atoms with Crippen LogP contribution in [0.5, 0.6) is 0 Å². The maximum Gasteiger partial charge on any atom is 0.220 e. The maximum atomic E-state index is 11.8. The first-order chi connectivity index (χ1) is 8.16. The standard InChI is InChI=1S/C11H19N5O/c1-8(11-15-13-7-16(11)2)14-10(17)5-9-3-4-12-6-9/h7-9,12H,3-6H2,1-2H3,(H,14,17). The van der Waals surface area contributed by atoms with Crippen LogP contribution in [0.1, 0.15) is 31.6 Å². The number of amides is 1. The Kier molecular flexibility index (Phi) is 3.73. The first-order valence-electron chi connectivity index (χ1n) is 6.01. The fourth-order valence-corrected chi connectivity index (χ4v) is 2.20. The quantitative estimate of drug-likeness (QED) is 0.772. The Bertz CT molecular complexity index is 383.